The molecule has 2 N–H and O–H groups in total. The summed E-state index contributed by atoms with van der Waals surface area (Å²) in [7, 11) is 0. The number of fused-ring (bicyclic) bond motifs is 1. The van der Waals surface area contributed by atoms with Crippen LogP contribution in [0.5, 0.6) is 0 Å². The third kappa shape index (κ3) is 1.26. The highest BCUT2D eigenvalue weighted by atomic mass is 16.3. The van der Waals surface area contributed by atoms with Crippen molar-refractivity contribution < 1.29 is 10.2 Å². The normalized spacial score (nSPS) is 11.9. The highest BCUT2D eigenvalue weighted by Crippen LogP contribution is 2.19. The van der Waals surface area contributed by atoms with Crippen LogP contribution < -0.4 is 0 Å². The third-order valence-corrected chi connectivity index (χ3v) is 1.94. The molecule has 0 aliphatic carbocycles. The Morgan fingerprint density at radius 2 is 2.07 bits per heavy atom. The maximum Gasteiger partial charge on any atom is 0.178 e. The summed E-state index contributed by atoms with van der Waals surface area (Å²) in [6, 6.07) is 7.36. The van der Waals surface area contributed by atoms with Crippen molar-refractivity contribution in [3.05, 3.63) is 42.4 Å². The maximum atomic E-state index is 9.34. The summed E-state index contributed by atoms with van der Waals surface area (Å²) in [5.41, 5.74) is 0.283. The van der Waals surface area contributed by atoms with E-state index < -0.39 is 0 Å². The molecule has 0 aliphatic rings. The van der Waals surface area contributed by atoms with Crippen LogP contribution in [0.3, 0.4) is 0 Å². The Balaban J connectivity index is 2.77. The van der Waals surface area contributed by atoms with Crippen molar-refractivity contribution >= 4 is 16.5 Å². The molecule has 0 amide bonds. The van der Waals surface area contributed by atoms with E-state index in [1.807, 2.05) is 18.2 Å². The minimum absolute atomic E-state index is 0.283. The molecule has 0 saturated heterocycles. The number of nitrogens with zero attached hydrogens (tertiary/aromatic N) is 2. The van der Waals surface area contributed by atoms with Crippen molar-refractivity contribution in [1.29, 1.82) is 0 Å². The first-order chi connectivity index (χ1) is 6.83. The topological polar surface area (TPSA) is 66.2 Å². The second-order valence-corrected chi connectivity index (χ2v) is 2.79. The quantitative estimate of drug-likeness (QED) is 0.672. The van der Waals surface area contributed by atoms with E-state index in [-0.39, 0.29) is 11.5 Å². The van der Waals surface area contributed by atoms with E-state index in [9.17, 15) is 5.11 Å². The predicted octanol–water partition coefficient (Wildman–Crippen LogP) is 2.04. The van der Waals surface area contributed by atoms with Gasteiger partial charge in [-0.15, -0.1) is 5.10 Å². The molecule has 4 heteroatoms. The zero-order chi connectivity index (χ0) is 9.97. The molecule has 1 heterocycles. The molecule has 4 nitrogen and oxygen atoms in total. The first-order valence-corrected chi connectivity index (χ1v) is 4.07. The van der Waals surface area contributed by atoms with E-state index in [2.05, 4.69) is 10.2 Å². The lowest BCUT2D eigenvalue weighted by Crippen LogP contribution is -1.93. The number of aliphatic hydroxyl groups is 2. The van der Waals surface area contributed by atoms with Gasteiger partial charge in [0, 0.05) is 10.8 Å². The zero-order valence-electron chi connectivity index (χ0n) is 7.25. The molecular formula is C10H8N2O2. The van der Waals surface area contributed by atoms with Gasteiger partial charge >= 0.3 is 0 Å². The van der Waals surface area contributed by atoms with Crippen molar-refractivity contribution in [3.63, 3.8) is 0 Å². The van der Waals surface area contributed by atoms with Crippen molar-refractivity contribution in [2.45, 2.75) is 0 Å². The molecule has 0 radical (unpaired) electrons. The first kappa shape index (κ1) is 8.50. The average Bonchev–Trinajstić information content (AvgIpc) is 2.27. The molecule has 1 aromatic carbocycles. The van der Waals surface area contributed by atoms with Crippen LogP contribution in [-0.2, 0) is 0 Å². The fraction of sp³-hybridized carbons (Fsp3) is 0. The summed E-state index contributed by atoms with van der Waals surface area (Å²) in [4.78, 5) is 0. The summed E-state index contributed by atoms with van der Waals surface area (Å²) in [6.45, 7) is 0. The van der Waals surface area contributed by atoms with E-state index in [0.717, 1.165) is 10.8 Å². The number of aromatic nitrogens is 2. The van der Waals surface area contributed by atoms with Crippen LogP contribution in [0, 0.1) is 0 Å². The summed E-state index contributed by atoms with van der Waals surface area (Å²) >= 11 is 0. The van der Waals surface area contributed by atoms with Crippen LogP contribution in [0.2, 0.25) is 0 Å². The summed E-state index contributed by atoms with van der Waals surface area (Å²) in [5.74, 6) is -0.283. The lowest BCUT2D eigenvalue weighted by molar-refractivity contribution is 0.430. The predicted molar refractivity (Wildman–Crippen MR) is 52.8 cm³/mol. The molecule has 0 unspecified atom stereocenters. The summed E-state index contributed by atoms with van der Waals surface area (Å²) < 4.78 is 0. The van der Waals surface area contributed by atoms with E-state index in [1.165, 1.54) is 0 Å². The van der Waals surface area contributed by atoms with Crippen molar-refractivity contribution in [2.75, 3.05) is 0 Å². The van der Waals surface area contributed by atoms with Crippen molar-refractivity contribution in [3.8, 4) is 0 Å². The average molecular weight is 188 g/mol. The second kappa shape index (κ2) is 3.33. The molecule has 0 aliphatic heterocycles. The highest BCUT2D eigenvalue weighted by molar-refractivity contribution is 5.89. The van der Waals surface area contributed by atoms with Gasteiger partial charge in [-0.2, -0.15) is 5.10 Å². The molecule has 70 valence electrons. The van der Waals surface area contributed by atoms with Gasteiger partial charge in [-0.1, -0.05) is 24.3 Å². The maximum absolute atomic E-state index is 9.34. The molecule has 0 fully saturated rings. The molecule has 0 bridgehead atoms. The minimum atomic E-state index is -0.283. The Morgan fingerprint density at radius 1 is 1.29 bits per heavy atom. The Hall–Kier alpha value is -2.10. The summed E-state index contributed by atoms with van der Waals surface area (Å²) in [5, 5.41) is 27.1. The van der Waals surface area contributed by atoms with Crippen molar-refractivity contribution in [1.82, 2.24) is 10.2 Å². The Morgan fingerprint density at radius 3 is 2.86 bits per heavy atom. The largest absolute Gasteiger partial charge is 0.512 e. The van der Waals surface area contributed by atoms with E-state index in [0.29, 0.717) is 6.26 Å². The fourth-order valence-corrected chi connectivity index (χ4v) is 1.28. The van der Waals surface area contributed by atoms with E-state index in [1.54, 1.807) is 12.3 Å². The second-order valence-electron chi connectivity index (χ2n) is 2.79. The number of aliphatic hydroxyl groups excluding tert-OH is 2. The van der Waals surface area contributed by atoms with Crippen LogP contribution >= 0.6 is 0 Å². The molecule has 14 heavy (non-hydrogen) atoms. The first-order valence-electron chi connectivity index (χ1n) is 4.07. The van der Waals surface area contributed by atoms with Crippen molar-refractivity contribution in [2.24, 2.45) is 0 Å². The zero-order valence-corrected chi connectivity index (χ0v) is 7.25. The van der Waals surface area contributed by atoms with Gasteiger partial charge in [-0.25, -0.2) is 0 Å². The van der Waals surface area contributed by atoms with Gasteiger partial charge in [0.2, 0.25) is 0 Å². The SMILES string of the molecule is OC=C(O)c1nncc2ccccc12. The van der Waals surface area contributed by atoms with Gasteiger partial charge in [0.1, 0.15) is 12.0 Å². The van der Waals surface area contributed by atoms with Crippen LogP contribution in [0.15, 0.2) is 36.7 Å². The molecular weight excluding hydrogens is 180 g/mol. The van der Waals surface area contributed by atoms with Crippen LogP contribution in [-0.4, -0.2) is 20.4 Å². The molecule has 0 atom stereocenters. The van der Waals surface area contributed by atoms with Gasteiger partial charge in [0.15, 0.2) is 5.76 Å². The Bertz CT molecular complexity index is 489. The van der Waals surface area contributed by atoms with Gasteiger partial charge < -0.3 is 10.2 Å². The highest BCUT2D eigenvalue weighted by Gasteiger charge is 2.06. The summed E-state index contributed by atoms with van der Waals surface area (Å²) in [6.07, 6.45) is 2.21. The standard InChI is InChI=1S/C10H8N2O2/c13-6-9(14)10-8-4-2-1-3-7(8)5-11-12-10/h1-6,13-14H. The Kier molecular flexibility index (Phi) is 2.02. The molecule has 2 aromatic rings. The van der Waals surface area contributed by atoms with Gasteiger partial charge in [0.25, 0.3) is 0 Å². The number of benzene rings is 1. The lowest BCUT2D eigenvalue weighted by Gasteiger charge is -2.01. The van der Waals surface area contributed by atoms with Gasteiger partial charge in [0.05, 0.1) is 6.20 Å². The monoisotopic (exact) mass is 188 g/mol. The smallest absolute Gasteiger partial charge is 0.178 e. The van der Waals surface area contributed by atoms with E-state index in [4.69, 9.17) is 5.11 Å². The molecule has 0 saturated carbocycles. The number of hydrogen-bond acceptors (Lipinski definition) is 4. The van der Waals surface area contributed by atoms with Gasteiger partial charge in [-0.3, -0.25) is 0 Å². The third-order valence-electron chi connectivity index (χ3n) is 1.94. The molecule has 2 rings (SSSR count). The van der Waals surface area contributed by atoms with E-state index >= 15 is 0 Å². The number of rotatable bonds is 1. The fourth-order valence-electron chi connectivity index (χ4n) is 1.28. The Labute approximate surface area is 80.1 Å². The lowest BCUT2D eigenvalue weighted by atomic mass is 10.1. The van der Waals surface area contributed by atoms with Crippen LogP contribution in [0.1, 0.15) is 5.69 Å². The molecule has 0 spiro atoms. The minimum Gasteiger partial charge on any atom is -0.512 e. The van der Waals surface area contributed by atoms with Gasteiger partial charge in [-0.05, 0) is 0 Å². The number of hydrogen-bond donors (Lipinski definition) is 2. The molecule has 1 aromatic heterocycles. The van der Waals surface area contributed by atoms with Crippen LogP contribution in [0.25, 0.3) is 16.5 Å². The van der Waals surface area contributed by atoms with Crippen LogP contribution in [0.4, 0.5) is 0 Å².